The van der Waals surface area contributed by atoms with Gasteiger partial charge in [-0.2, -0.15) is 0 Å². The van der Waals surface area contributed by atoms with Gasteiger partial charge in [0.05, 0.1) is 0 Å². The Morgan fingerprint density at radius 3 is 2.50 bits per heavy atom. The summed E-state index contributed by atoms with van der Waals surface area (Å²) in [4.78, 5) is 11.7. The standard InChI is InChI=1S/C14H15FN2O/c1-10-3-2-4-14(18)17(10)9-13(16)11-5-7-12(15)8-6-11/h2-8,13H,9,16H2,1H3. The summed E-state index contributed by atoms with van der Waals surface area (Å²) < 4.78 is 14.4. The summed E-state index contributed by atoms with van der Waals surface area (Å²) >= 11 is 0. The summed E-state index contributed by atoms with van der Waals surface area (Å²) in [5.74, 6) is -0.293. The summed E-state index contributed by atoms with van der Waals surface area (Å²) in [5.41, 5.74) is 7.63. The van der Waals surface area contributed by atoms with Gasteiger partial charge in [0.1, 0.15) is 5.82 Å². The van der Waals surface area contributed by atoms with Crippen LogP contribution in [0.2, 0.25) is 0 Å². The smallest absolute Gasteiger partial charge is 0.250 e. The fraction of sp³-hybridized carbons (Fsp3) is 0.214. The first-order valence-electron chi connectivity index (χ1n) is 5.75. The highest BCUT2D eigenvalue weighted by Crippen LogP contribution is 2.13. The minimum absolute atomic E-state index is 0.0763. The number of aryl methyl sites for hydroxylation is 1. The summed E-state index contributed by atoms with van der Waals surface area (Å²) in [6.07, 6.45) is 0. The molecule has 0 bridgehead atoms. The molecule has 0 radical (unpaired) electrons. The van der Waals surface area contributed by atoms with Gasteiger partial charge in [-0.1, -0.05) is 18.2 Å². The predicted molar refractivity (Wildman–Crippen MR) is 68.8 cm³/mol. The Labute approximate surface area is 105 Å². The second-order valence-corrected chi connectivity index (χ2v) is 4.27. The van der Waals surface area contributed by atoms with Gasteiger partial charge >= 0.3 is 0 Å². The van der Waals surface area contributed by atoms with Crippen LogP contribution in [0.5, 0.6) is 0 Å². The normalized spacial score (nSPS) is 12.4. The third kappa shape index (κ3) is 2.65. The average Bonchev–Trinajstić information content (AvgIpc) is 2.34. The fourth-order valence-electron chi connectivity index (χ4n) is 1.87. The van der Waals surface area contributed by atoms with E-state index in [1.807, 2.05) is 13.0 Å². The topological polar surface area (TPSA) is 48.0 Å². The van der Waals surface area contributed by atoms with Crippen LogP contribution in [-0.4, -0.2) is 4.57 Å². The summed E-state index contributed by atoms with van der Waals surface area (Å²) in [6, 6.07) is 10.8. The number of hydrogen-bond acceptors (Lipinski definition) is 2. The van der Waals surface area contributed by atoms with Crippen LogP contribution in [0.1, 0.15) is 17.3 Å². The Kier molecular flexibility index (Phi) is 3.58. The van der Waals surface area contributed by atoms with E-state index in [0.717, 1.165) is 11.3 Å². The van der Waals surface area contributed by atoms with Crippen LogP contribution in [0, 0.1) is 12.7 Å². The molecule has 94 valence electrons. The van der Waals surface area contributed by atoms with E-state index >= 15 is 0 Å². The Morgan fingerprint density at radius 2 is 1.89 bits per heavy atom. The zero-order valence-corrected chi connectivity index (χ0v) is 10.1. The van der Waals surface area contributed by atoms with Crippen LogP contribution in [0.4, 0.5) is 4.39 Å². The lowest BCUT2D eigenvalue weighted by Crippen LogP contribution is -2.27. The first-order valence-corrected chi connectivity index (χ1v) is 5.75. The molecule has 0 spiro atoms. The molecule has 0 aliphatic rings. The molecule has 1 heterocycles. The number of nitrogens with two attached hydrogens (primary N) is 1. The maximum atomic E-state index is 12.8. The van der Waals surface area contributed by atoms with E-state index in [-0.39, 0.29) is 17.4 Å². The SMILES string of the molecule is Cc1cccc(=O)n1CC(N)c1ccc(F)cc1. The van der Waals surface area contributed by atoms with Gasteiger partial charge in [-0.15, -0.1) is 0 Å². The molecule has 0 aliphatic carbocycles. The first-order chi connectivity index (χ1) is 8.58. The van der Waals surface area contributed by atoms with E-state index in [4.69, 9.17) is 5.73 Å². The molecule has 2 aromatic rings. The van der Waals surface area contributed by atoms with E-state index in [1.54, 1.807) is 22.8 Å². The van der Waals surface area contributed by atoms with Gasteiger partial charge in [-0.05, 0) is 30.7 Å². The van der Waals surface area contributed by atoms with Crippen LogP contribution >= 0.6 is 0 Å². The second kappa shape index (κ2) is 5.14. The van der Waals surface area contributed by atoms with Crippen molar-refractivity contribution in [2.24, 2.45) is 5.73 Å². The van der Waals surface area contributed by atoms with Gasteiger partial charge in [0.25, 0.3) is 5.56 Å². The maximum Gasteiger partial charge on any atom is 0.250 e. The molecule has 0 aliphatic heterocycles. The quantitative estimate of drug-likeness (QED) is 0.900. The highest BCUT2D eigenvalue weighted by molar-refractivity contribution is 5.19. The Hall–Kier alpha value is -1.94. The van der Waals surface area contributed by atoms with Gasteiger partial charge < -0.3 is 10.3 Å². The van der Waals surface area contributed by atoms with Crippen molar-refractivity contribution in [1.82, 2.24) is 4.57 Å². The Bertz CT molecular complexity index is 589. The van der Waals surface area contributed by atoms with Crippen LogP contribution < -0.4 is 11.3 Å². The molecule has 0 fully saturated rings. The van der Waals surface area contributed by atoms with E-state index in [0.29, 0.717) is 6.54 Å². The van der Waals surface area contributed by atoms with E-state index in [9.17, 15) is 9.18 Å². The van der Waals surface area contributed by atoms with Crippen molar-refractivity contribution >= 4 is 0 Å². The fourth-order valence-corrected chi connectivity index (χ4v) is 1.87. The van der Waals surface area contributed by atoms with E-state index in [1.165, 1.54) is 18.2 Å². The van der Waals surface area contributed by atoms with Crippen molar-refractivity contribution in [2.75, 3.05) is 0 Å². The molecule has 0 saturated carbocycles. The molecule has 1 aromatic heterocycles. The molecule has 1 atom stereocenters. The molecule has 2 rings (SSSR count). The minimum Gasteiger partial charge on any atom is -0.322 e. The van der Waals surface area contributed by atoms with Crippen molar-refractivity contribution in [2.45, 2.75) is 19.5 Å². The largest absolute Gasteiger partial charge is 0.322 e. The molecule has 2 N–H and O–H groups in total. The second-order valence-electron chi connectivity index (χ2n) is 4.27. The lowest BCUT2D eigenvalue weighted by Gasteiger charge is -2.16. The minimum atomic E-state index is -0.329. The van der Waals surface area contributed by atoms with Gasteiger partial charge in [0.15, 0.2) is 0 Å². The Balaban J connectivity index is 2.24. The van der Waals surface area contributed by atoms with Crippen molar-refractivity contribution < 1.29 is 4.39 Å². The number of nitrogens with zero attached hydrogens (tertiary/aromatic N) is 1. The third-order valence-corrected chi connectivity index (χ3v) is 2.95. The molecule has 1 aromatic carbocycles. The number of hydrogen-bond donors (Lipinski definition) is 1. The number of rotatable bonds is 3. The maximum absolute atomic E-state index is 12.8. The van der Waals surface area contributed by atoms with Crippen LogP contribution in [0.15, 0.2) is 47.3 Å². The molecule has 1 unspecified atom stereocenters. The molecular weight excluding hydrogens is 231 g/mol. The van der Waals surface area contributed by atoms with Crippen LogP contribution in [0.25, 0.3) is 0 Å². The van der Waals surface area contributed by atoms with E-state index in [2.05, 4.69) is 0 Å². The number of pyridine rings is 1. The summed E-state index contributed by atoms with van der Waals surface area (Å²) in [7, 11) is 0. The van der Waals surface area contributed by atoms with Crippen molar-refractivity contribution in [3.8, 4) is 0 Å². The molecule has 0 saturated heterocycles. The first kappa shape index (κ1) is 12.5. The zero-order chi connectivity index (χ0) is 13.1. The van der Waals surface area contributed by atoms with Crippen LogP contribution in [0.3, 0.4) is 0 Å². The van der Waals surface area contributed by atoms with Crippen LogP contribution in [-0.2, 0) is 6.54 Å². The molecular formula is C14H15FN2O. The number of aromatic nitrogens is 1. The highest BCUT2D eigenvalue weighted by Gasteiger charge is 2.09. The Morgan fingerprint density at radius 1 is 1.22 bits per heavy atom. The lowest BCUT2D eigenvalue weighted by atomic mass is 10.1. The molecule has 4 heteroatoms. The highest BCUT2D eigenvalue weighted by atomic mass is 19.1. The van der Waals surface area contributed by atoms with Crippen molar-refractivity contribution in [1.29, 1.82) is 0 Å². The molecule has 3 nitrogen and oxygen atoms in total. The number of benzene rings is 1. The average molecular weight is 246 g/mol. The van der Waals surface area contributed by atoms with Crippen molar-refractivity contribution in [3.05, 3.63) is 69.9 Å². The van der Waals surface area contributed by atoms with Gasteiger partial charge in [-0.3, -0.25) is 4.79 Å². The monoisotopic (exact) mass is 246 g/mol. The van der Waals surface area contributed by atoms with Crippen molar-refractivity contribution in [3.63, 3.8) is 0 Å². The number of halogens is 1. The van der Waals surface area contributed by atoms with Gasteiger partial charge in [0, 0.05) is 24.3 Å². The zero-order valence-electron chi connectivity index (χ0n) is 10.1. The summed E-state index contributed by atoms with van der Waals surface area (Å²) in [5, 5.41) is 0. The molecule has 0 amide bonds. The summed E-state index contributed by atoms with van der Waals surface area (Å²) in [6.45, 7) is 2.25. The van der Waals surface area contributed by atoms with Gasteiger partial charge in [0.2, 0.25) is 0 Å². The third-order valence-electron chi connectivity index (χ3n) is 2.95. The van der Waals surface area contributed by atoms with Gasteiger partial charge in [-0.25, -0.2) is 4.39 Å². The predicted octanol–water partition coefficient (Wildman–Crippen LogP) is 2.00. The van der Waals surface area contributed by atoms with E-state index < -0.39 is 0 Å². The lowest BCUT2D eigenvalue weighted by molar-refractivity contribution is 0.548. The molecule has 18 heavy (non-hydrogen) atoms.